The third kappa shape index (κ3) is 7.08. The molecule has 0 spiro atoms. The van der Waals surface area contributed by atoms with Crippen LogP contribution in [0.5, 0.6) is 0 Å². The molecule has 1 heterocycles. The first kappa shape index (κ1) is 18.9. The van der Waals surface area contributed by atoms with Gasteiger partial charge in [-0.1, -0.05) is 0 Å². The van der Waals surface area contributed by atoms with Gasteiger partial charge in [0.25, 0.3) is 0 Å². The summed E-state index contributed by atoms with van der Waals surface area (Å²) in [6.45, 7) is 7.61. The van der Waals surface area contributed by atoms with Crippen LogP contribution in [0.15, 0.2) is 12.3 Å². The molecule has 0 unspecified atom stereocenters. The summed E-state index contributed by atoms with van der Waals surface area (Å²) in [6.07, 6.45) is 2.64. The Kier molecular flexibility index (Phi) is 6.93. The minimum absolute atomic E-state index is 0.263. The number of rotatable bonds is 6. The van der Waals surface area contributed by atoms with Crippen molar-refractivity contribution in [3.63, 3.8) is 0 Å². The Balaban J connectivity index is 2.76. The molecule has 0 fully saturated rings. The Labute approximate surface area is 137 Å². The van der Waals surface area contributed by atoms with E-state index in [1.807, 2.05) is 6.92 Å². The maximum atomic E-state index is 12.4. The normalized spacial score (nSPS) is 11.0. The van der Waals surface area contributed by atoms with Crippen LogP contribution in [0.3, 0.4) is 0 Å². The highest BCUT2D eigenvalue weighted by Crippen LogP contribution is 2.15. The number of amides is 1. The Morgan fingerprint density at radius 2 is 1.96 bits per heavy atom. The van der Waals surface area contributed by atoms with Gasteiger partial charge in [0, 0.05) is 24.9 Å². The molecule has 0 atom stereocenters. The van der Waals surface area contributed by atoms with Gasteiger partial charge in [-0.15, -0.1) is 0 Å². The van der Waals surface area contributed by atoms with Gasteiger partial charge in [0.1, 0.15) is 5.60 Å². The second kappa shape index (κ2) is 8.45. The van der Waals surface area contributed by atoms with E-state index in [9.17, 15) is 9.59 Å². The van der Waals surface area contributed by atoms with Crippen LogP contribution in [-0.2, 0) is 14.3 Å². The predicted molar refractivity (Wildman–Crippen MR) is 86.2 cm³/mol. The third-order valence-corrected chi connectivity index (χ3v) is 2.88. The van der Waals surface area contributed by atoms with Crippen LogP contribution in [0.2, 0.25) is 0 Å². The molecule has 0 aliphatic rings. The van der Waals surface area contributed by atoms with Crippen molar-refractivity contribution in [3.05, 3.63) is 18.0 Å². The number of nitrogens with zero attached hydrogens (tertiary/aromatic N) is 3. The zero-order valence-corrected chi connectivity index (χ0v) is 14.5. The Hall–Kier alpha value is -2.18. The fraction of sp³-hybridized carbons (Fsp3) is 0.625. The molecule has 0 saturated carbocycles. The van der Waals surface area contributed by atoms with Gasteiger partial charge in [-0.05, 0) is 46.6 Å². The largest absolute Gasteiger partial charge is 0.469 e. The molecule has 0 aliphatic carbocycles. The van der Waals surface area contributed by atoms with Crippen LogP contribution < -0.4 is 4.90 Å². The Morgan fingerprint density at radius 3 is 2.52 bits per heavy atom. The number of anilines is 1. The van der Waals surface area contributed by atoms with E-state index in [1.165, 1.54) is 12.0 Å². The molecule has 7 heteroatoms. The van der Waals surface area contributed by atoms with Gasteiger partial charge in [0.2, 0.25) is 5.95 Å². The zero-order valence-electron chi connectivity index (χ0n) is 14.5. The number of aromatic nitrogens is 2. The van der Waals surface area contributed by atoms with Gasteiger partial charge < -0.3 is 9.47 Å². The second-order valence-corrected chi connectivity index (χ2v) is 6.16. The lowest BCUT2D eigenvalue weighted by Gasteiger charge is -2.26. The highest BCUT2D eigenvalue weighted by molar-refractivity contribution is 5.85. The van der Waals surface area contributed by atoms with Crippen LogP contribution in [0.4, 0.5) is 10.7 Å². The number of carbonyl (C=O) groups excluding carboxylic acids is 2. The maximum absolute atomic E-state index is 12.4. The molecule has 0 saturated heterocycles. The summed E-state index contributed by atoms with van der Waals surface area (Å²) in [5.74, 6) is 0.0398. The highest BCUT2D eigenvalue weighted by Gasteiger charge is 2.25. The Bertz CT molecular complexity index is 540. The first-order valence-corrected chi connectivity index (χ1v) is 7.60. The van der Waals surface area contributed by atoms with Gasteiger partial charge in [-0.3, -0.25) is 4.79 Å². The Morgan fingerprint density at radius 1 is 1.26 bits per heavy atom. The van der Waals surface area contributed by atoms with Crippen molar-refractivity contribution in [1.29, 1.82) is 0 Å². The summed E-state index contributed by atoms with van der Waals surface area (Å²) in [7, 11) is 1.36. The molecule has 1 amide bonds. The van der Waals surface area contributed by atoms with E-state index in [4.69, 9.17) is 4.74 Å². The lowest BCUT2D eigenvalue weighted by Crippen LogP contribution is -2.38. The fourth-order valence-electron chi connectivity index (χ4n) is 1.80. The average molecular weight is 323 g/mol. The van der Waals surface area contributed by atoms with Gasteiger partial charge in [0.15, 0.2) is 0 Å². The minimum Gasteiger partial charge on any atom is -0.469 e. The van der Waals surface area contributed by atoms with Crippen molar-refractivity contribution >= 4 is 18.0 Å². The number of hydrogen-bond acceptors (Lipinski definition) is 6. The first-order chi connectivity index (χ1) is 10.7. The van der Waals surface area contributed by atoms with Crippen LogP contribution >= 0.6 is 0 Å². The lowest BCUT2D eigenvalue weighted by molar-refractivity contribution is -0.140. The van der Waals surface area contributed by atoms with Crippen LogP contribution in [-0.4, -0.2) is 41.3 Å². The summed E-state index contributed by atoms with van der Waals surface area (Å²) in [5, 5.41) is 0. The first-order valence-electron chi connectivity index (χ1n) is 7.60. The minimum atomic E-state index is -0.606. The highest BCUT2D eigenvalue weighted by atomic mass is 16.6. The SMILES string of the molecule is COC(=O)CCCCN(C(=O)OC(C)(C)C)c1nccc(C)n1. The van der Waals surface area contributed by atoms with Gasteiger partial charge in [0.05, 0.1) is 7.11 Å². The molecule has 23 heavy (non-hydrogen) atoms. The standard InChI is InChI=1S/C16H25N3O4/c1-12-9-10-17-14(18-12)19(15(21)23-16(2,3)4)11-7-6-8-13(20)22-5/h9-10H,6-8,11H2,1-5H3. The van der Waals surface area contributed by atoms with Crippen molar-refractivity contribution in [2.45, 2.75) is 52.6 Å². The zero-order chi connectivity index (χ0) is 17.5. The summed E-state index contributed by atoms with van der Waals surface area (Å²) in [6, 6.07) is 1.76. The third-order valence-electron chi connectivity index (χ3n) is 2.88. The molecular formula is C16H25N3O4. The summed E-state index contributed by atoms with van der Waals surface area (Å²) >= 11 is 0. The number of hydrogen-bond donors (Lipinski definition) is 0. The molecule has 128 valence electrons. The van der Waals surface area contributed by atoms with E-state index in [-0.39, 0.29) is 5.97 Å². The predicted octanol–water partition coefficient (Wildman–Crippen LogP) is 2.87. The van der Waals surface area contributed by atoms with E-state index < -0.39 is 11.7 Å². The molecule has 7 nitrogen and oxygen atoms in total. The van der Waals surface area contributed by atoms with Crippen molar-refractivity contribution in [2.24, 2.45) is 0 Å². The summed E-state index contributed by atoms with van der Waals surface area (Å²) in [4.78, 5) is 33.3. The molecule has 0 radical (unpaired) electrons. The van der Waals surface area contributed by atoms with Crippen LogP contribution in [0, 0.1) is 6.92 Å². The second-order valence-electron chi connectivity index (χ2n) is 6.16. The number of methoxy groups -OCH3 is 1. The number of carbonyl (C=O) groups is 2. The monoisotopic (exact) mass is 323 g/mol. The molecule has 1 rings (SSSR count). The van der Waals surface area contributed by atoms with Gasteiger partial charge in [-0.2, -0.15) is 0 Å². The average Bonchev–Trinajstić information content (AvgIpc) is 2.44. The molecule has 0 aliphatic heterocycles. The van der Waals surface area contributed by atoms with Crippen molar-refractivity contribution in [3.8, 4) is 0 Å². The van der Waals surface area contributed by atoms with Crippen molar-refractivity contribution in [1.82, 2.24) is 9.97 Å². The maximum Gasteiger partial charge on any atom is 0.417 e. The topological polar surface area (TPSA) is 81.6 Å². The number of ether oxygens (including phenoxy) is 2. The van der Waals surface area contributed by atoms with E-state index in [1.54, 1.807) is 33.0 Å². The molecule has 1 aromatic rings. The number of aryl methyl sites for hydroxylation is 1. The van der Waals surface area contributed by atoms with Crippen molar-refractivity contribution < 1.29 is 19.1 Å². The van der Waals surface area contributed by atoms with Gasteiger partial charge in [-0.25, -0.2) is 19.7 Å². The van der Waals surface area contributed by atoms with Crippen LogP contribution in [0.1, 0.15) is 45.7 Å². The molecular weight excluding hydrogens is 298 g/mol. The van der Waals surface area contributed by atoms with Crippen molar-refractivity contribution in [2.75, 3.05) is 18.6 Å². The smallest absolute Gasteiger partial charge is 0.417 e. The van der Waals surface area contributed by atoms with Crippen LogP contribution in [0.25, 0.3) is 0 Å². The molecule has 0 aromatic carbocycles. The molecule has 0 N–H and O–H groups in total. The van der Waals surface area contributed by atoms with E-state index in [0.29, 0.717) is 31.8 Å². The van der Waals surface area contributed by atoms with Gasteiger partial charge >= 0.3 is 12.1 Å². The van der Waals surface area contributed by atoms with E-state index >= 15 is 0 Å². The summed E-state index contributed by atoms with van der Waals surface area (Å²) in [5.41, 5.74) is 0.156. The number of unbranched alkanes of at least 4 members (excludes halogenated alkanes) is 1. The van der Waals surface area contributed by atoms with E-state index in [0.717, 1.165) is 5.69 Å². The lowest BCUT2D eigenvalue weighted by atomic mass is 10.2. The quantitative estimate of drug-likeness (QED) is 0.591. The number of esters is 1. The summed E-state index contributed by atoms with van der Waals surface area (Å²) < 4.78 is 10.0. The van der Waals surface area contributed by atoms with E-state index in [2.05, 4.69) is 14.7 Å². The molecule has 1 aromatic heterocycles. The fourth-order valence-corrected chi connectivity index (χ4v) is 1.80. The molecule has 0 bridgehead atoms.